The summed E-state index contributed by atoms with van der Waals surface area (Å²) in [7, 11) is 1.42. The number of hydrogen-bond donors (Lipinski definition) is 1. The Bertz CT molecular complexity index is 1050. The summed E-state index contributed by atoms with van der Waals surface area (Å²) in [5.41, 5.74) is 1.12. The van der Waals surface area contributed by atoms with Crippen LogP contribution in [0.1, 0.15) is 17.8 Å². The largest absolute Gasteiger partial charge is 0.494 e. The number of carbonyl (C=O) groups is 1. The number of nitrogens with zero attached hydrogens (tertiary/aromatic N) is 4. The summed E-state index contributed by atoms with van der Waals surface area (Å²) in [6, 6.07) is 2.55. The molecule has 2 aromatic heterocycles. The molecule has 0 unspecified atom stereocenters. The van der Waals surface area contributed by atoms with E-state index in [0.29, 0.717) is 26.7 Å². The molecule has 11 heteroatoms. The second kappa shape index (κ2) is 7.27. The molecule has 0 aliphatic carbocycles. The van der Waals surface area contributed by atoms with Crippen LogP contribution in [0.5, 0.6) is 5.75 Å². The number of rotatable bonds is 6. The van der Waals surface area contributed by atoms with Gasteiger partial charge in [-0.3, -0.25) is 19.6 Å². The van der Waals surface area contributed by atoms with Gasteiger partial charge in [-0.25, -0.2) is 9.37 Å². The highest BCUT2D eigenvalue weighted by Gasteiger charge is 2.22. The first-order valence-corrected chi connectivity index (χ1v) is 8.74. The van der Waals surface area contributed by atoms with Crippen molar-refractivity contribution in [2.45, 2.75) is 26.8 Å². The number of thiazole rings is 1. The molecule has 1 N–H and O–H groups in total. The van der Waals surface area contributed by atoms with Crippen LogP contribution in [0.4, 0.5) is 15.2 Å². The highest BCUT2D eigenvalue weighted by atomic mass is 32.1. The Morgan fingerprint density at radius 3 is 2.81 bits per heavy atom. The van der Waals surface area contributed by atoms with Crippen molar-refractivity contribution in [3.8, 4) is 5.75 Å². The van der Waals surface area contributed by atoms with Crippen LogP contribution in [0.3, 0.4) is 0 Å². The predicted octanol–water partition coefficient (Wildman–Crippen LogP) is 3.19. The predicted molar refractivity (Wildman–Crippen MR) is 97.7 cm³/mol. The van der Waals surface area contributed by atoms with E-state index in [4.69, 9.17) is 4.74 Å². The molecule has 0 fully saturated rings. The maximum Gasteiger partial charge on any atom is 0.312 e. The lowest BCUT2D eigenvalue weighted by atomic mass is 10.3. The number of carbonyl (C=O) groups excluding carboxylic acids is 1. The molecule has 0 saturated heterocycles. The van der Waals surface area contributed by atoms with Gasteiger partial charge in [-0.05, 0) is 19.9 Å². The number of hydrogen-bond acceptors (Lipinski definition) is 7. The fraction of sp³-hybridized carbons (Fsp3) is 0.312. The molecule has 9 nitrogen and oxygen atoms in total. The molecule has 0 spiro atoms. The third-order valence-electron chi connectivity index (χ3n) is 3.97. The second-order valence-corrected chi connectivity index (χ2v) is 6.80. The lowest BCUT2D eigenvalue weighted by Crippen LogP contribution is -2.15. The molecule has 0 bridgehead atoms. The fourth-order valence-corrected chi connectivity index (χ4v) is 3.66. The lowest BCUT2D eigenvalue weighted by Gasteiger charge is -2.04. The SMILES string of the molecule is COc1cc(F)cc2sc(NC(=O)CCn3nc(C)c([N+](=O)[O-])c3C)nc12. The Hall–Kier alpha value is -3.08. The third-order valence-corrected chi connectivity index (χ3v) is 4.89. The molecule has 0 saturated carbocycles. The van der Waals surface area contributed by atoms with E-state index in [1.165, 1.54) is 23.9 Å². The number of methoxy groups -OCH3 is 1. The first-order valence-electron chi connectivity index (χ1n) is 7.92. The van der Waals surface area contributed by atoms with Crippen molar-refractivity contribution in [2.24, 2.45) is 0 Å². The Labute approximate surface area is 156 Å². The van der Waals surface area contributed by atoms with Crippen LogP contribution in [-0.4, -0.2) is 32.7 Å². The second-order valence-electron chi connectivity index (χ2n) is 5.77. The smallest absolute Gasteiger partial charge is 0.312 e. The van der Waals surface area contributed by atoms with E-state index in [1.54, 1.807) is 13.8 Å². The minimum Gasteiger partial charge on any atom is -0.494 e. The highest BCUT2D eigenvalue weighted by Crippen LogP contribution is 2.33. The highest BCUT2D eigenvalue weighted by molar-refractivity contribution is 7.22. The van der Waals surface area contributed by atoms with Gasteiger partial charge in [-0.15, -0.1) is 0 Å². The molecule has 2 heterocycles. The summed E-state index contributed by atoms with van der Waals surface area (Å²) in [6.45, 7) is 3.33. The van der Waals surface area contributed by atoms with Crippen LogP contribution in [0.15, 0.2) is 12.1 Å². The van der Waals surface area contributed by atoms with E-state index in [9.17, 15) is 19.3 Å². The van der Waals surface area contributed by atoms with E-state index < -0.39 is 10.7 Å². The topological polar surface area (TPSA) is 112 Å². The van der Waals surface area contributed by atoms with Crippen LogP contribution in [-0.2, 0) is 11.3 Å². The average molecular weight is 393 g/mol. The summed E-state index contributed by atoms with van der Waals surface area (Å²) >= 11 is 1.13. The van der Waals surface area contributed by atoms with Gasteiger partial charge in [0.2, 0.25) is 5.91 Å². The van der Waals surface area contributed by atoms with Gasteiger partial charge < -0.3 is 10.1 Å². The van der Waals surface area contributed by atoms with Gasteiger partial charge in [0.15, 0.2) is 5.13 Å². The Kier molecular flexibility index (Phi) is 5.04. The summed E-state index contributed by atoms with van der Waals surface area (Å²) in [4.78, 5) is 27.0. The lowest BCUT2D eigenvalue weighted by molar-refractivity contribution is -0.386. The number of nitro groups is 1. The van der Waals surface area contributed by atoms with Crippen LogP contribution in [0.25, 0.3) is 10.2 Å². The average Bonchev–Trinajstić information content (AvgIpc) is 3.11. The van der Waals surface area contributed by atoms with Gasteiger partial charge in [0.05, 0.1) is 23.3 Å². The van der Waals surface area contributed by atoms with Gasteiger partial charge in [-0.1, -0.05) is 11.3 Å². The van der Waals surface area contributed by atoms with E-state index in [1.807, 2.05) is 0 Å². The molecule has 3 aromatic rings. The molecule has 27 heavy (non-hydrogen) atoms. The van der Waals surface area contributed by atoms with Crippen molar-refractivity contribution in [1.82, 2.24) is 14.8 Å². The monoisotopic (exact) mass is 393 g/mol. The standard InChI is InChI=1S/C16H16FN5O4S/c1-8-15(22(24)25)9(2)21(20-8)5-4-13(23)18-16-19-14-11(26-3)6-10(17)7-12(14)27-16/h6-7H,4-5H2,1-3H3,(H,18,19,23). The molecule has 0 aliphatic rings. The van der Waals surface area contributed by atoms with Crippen molar-refractivity contribution < 1.29 is 18.8 Å². The number of aryl methyl sites for hydroxylation is 2. The molecule has 0 aliphatic heterocycles. The van der Waals surface area contributed by atoms with E-state index in [-0.39, 0.29) is 30.3 Å². The first kappa shape index (κ1) is 18.7. The van der Waals surface area contributed by atoms with Crippen LogP contribution in [0, 0.1) is 29.8 Å². The maximum atomic E-state index is 13.5. The zero-order chi connectivity index (χ0) is 19.7. The summed E-state index contributed by atoms with van der Waals surface area (Å²) in [6.07, 6.45) is 0.0561. The number of halogens is 1. The van der Waals surface area contributed by atoms with Crippen molar-refractivity contribution in [3.05, 3.63) is 39.5 Å². The number of amides is 1. The van der Waals surface area contributed by atoms with Gasteiger partial charge in [0.1, 0.15) is 28.5 Å². The van der Waals surface area contributed by atoms with Gasteiger partial charge in [-0.2, -0.15) is 5.10 Å². The maximum absolute atomic E-state index is 13.5. The molecular weight excluding hydrogens is 377 g/mol. The van der Waals surface area contributed by atoms with E-state index >= 15 is 0 Å². The quantitative estimate of drug-likeness (QED) is 0.508. The van der Waals surface area contributed by atoms with Crippen molar-refractivity contribution in [1.29, 1.82) is 0 Å². The number of aromatic nitrogens is 3. The Morgan fingerprint density at radius 1 is 1.44 bits per heavy atom. The summed E-state index contributed by atoms with van der Waals surface area (Å²) < 4.78 is 20.6. The van der Waals surface area contributed by atoms with Crippen LogP contribution >= 0.6 is 11.3 Å². The van der Waals surface area contributed by atoms with E-state index in [2.05, 4.69) is 15.4 Å². The first-order chi connectivity index (χ1) is 12.8. The molecule has 0 atom stereocenters. The molecule has 142 valence electrons. The number of ether oxygens (including phenoxy) is 1. The Balaban J connectivity index is 1.71. The Morgan fingerprint density at radius 2 is 2.19 bits per heavy atom. The normalized spacial score (nSPS) is 11.0. The van der Waals surface area contributed by atoms with Gasteiger partial charge in [0, 0.05) is 12.5 Å². The van der Waals surface area contributed by atoms with Crippen molar-refractivity contribution in [3.63, 3.8) is 0 Å². The summed E-state index contributed by atoms with van der Waals surface area (Å²) in [5, 5.41) is 18.1. The summed E-state index contributed by atoms with van der Waals surface area (Å²) in [5.74, 6) is -0.493. The minimum atomic E-state index is -0.484. The fourth-order valence-electron chi connectivity index (χ4n) is 2.73. The zero-order valence-corrected chi connectivity index (χ0v) is 15.6. The van der Waals surface area contributed by atoms with Crippen molar-refractivity contribution in [2.75, 3.05) is 12.4 Å². The van der Waals surface area contributed by atoms with Crippen molar-refractivity contribution >= 4 is 38.3 Å². The number of nitrogens with one attached hydrogen (secondary N) is 1. The molecular formula is C16H16FN5O4S. The van der Waals surface area contributed by atoms with Gasteiger partial charge in [0.25, 0.3) is 0 Å². The number of anilines is 1. The van der Waals surface area contributed by atoms with Crippen LogP contribution in [0.2, 0.25) is 0 Å². The third kappa shape index (κ3) is 3.72. The molecule has 1 amide bonds. The zero-order valence-electron chi connectivity index (χ0n) is 14.8. The van der Waals surface area contributed by atoms with Gasteiger partial charge >= 0.3 is 5.69 Å². The minimum absolute atomic E-state index is 0.0456. The number of fused-ring (bicyclic) bond motifs is 1. The molecule has 3 rings (SSSR count). The molecule has 1 aromatic carbocycles. The van der Waals surface area contributed by atoms with Crippen LogP contribution < -0.4 is 10.1 Å². The van der Waals surface area contributed by atoms with E-state index in [0.717, 1.165) is 11.3 Å². The molecule has 0 radical (unpaired) electrons. The number of benzene rings is 1.